The first-order chi connectivity index (χ1) is 22.9. The fraction of sp³-hybridized carbons (Fsp3) is 0.514. The van der Waals surface area contributed by atoms with Crippen molar-refractivity contribution < 1.29 is 23.9 Å². The highest BCUT2D eigenvalue weighted by Gasteiger charge is 2.30. The smallest absolute Gasteiger partial charge is 0.251 e. The summed E-state index contributed by atoms with van der Waals surface area (Å²) in [5, 5.41) is 9.14. The van der Waals surface area contributed by atoms with Crippen LogP contribution in [0.15, 0.2) is 59.6 Å². The molecule has 1 aliphatic heterocycles. The molecular weight excluding hydrogens is 612 g/mol. The molecule has 262 valence electrons. The Morgan fingerprint density at radius 2 is 1.65 bits per heavy atom. The van der Waals surface area contributed by atoms with Crippen molar-refractivity contribution in [2.75, 3.05) is 26.7 Å². The van der Waals surface area contributed by atoms with E-state index in [1.54, 1.807) is 31.3 Å². The minimum Gasteiger partial charge on any atom is -0.490 e. The zero-order valence-electron chi connectivity index (χ0n) is 28.3. The number of benzene rings is 2. The molecule has 2 aromatic carbocycles. The van der Waals surface area contributed by atoms with E-state index in [1.165, 1.54) is 4.90 Å². The Labute approximate surface area is 283 Å². The number of hydrogen-bond donors (Lipinski definition) is 6. The maximum Gasteiger partial charge on any atom is 0.251 e. The number of piperidine rings is 1. The normalized spacial score (nSPS) is 15.1. The fourth-order valence-corrected chi connectivity index (χ4v) is 5.66. The molecule has 0 saturated carbocycles. The van der Waals surface area contributed by atoms with Crippen LogP contribution in [0, 0.1) is 5.92 Å². The first-order valence-electron chi connectivity index (χ1n) is 16.7. The molecule has 1 heterocycles. The fourth-order valence-electron chi connectivity index (χ4n) is 5.66. The van der Waals surface area contributed by atoms with Crippen LogP contribution in [0.2, 0.25) is 0 Å². The molecule has 0 aliphatic carbocycles. The van der Waals surface area contributed by atoms with E-state index in [1.807, 2.05) is 44.2 Å². The second-order valence-electron chi connectivity index (χ2n) is 12.7. The molecule has 1 unspecified atom stereocenters. The van der Waals surface area contributed by atoms with Crippen LogP contribution in [0.1, 0.15) is 68.3 Å². The Morgan fingerprint density at radius 3 is 2.25 bits per heavy atom. The van der Waals surface area contributed by atoms with Crippen molar-refractivity contribution in [2.24, 2.45) is 28.1 Å². The van der Waals surface area contributed by atoms with Gasteiger partial charge in [0.1, 0.15) is 23.9 Å². The molecule has 4 amide bonds. The molecule has 0 spiro atoms. The first kappa shape index (κ1) is 37.8. The number of guanidine groups is 1. The molecule has 1 saturated heterocycles. The van der Waals surface area contributed by atoms with Crippen molar-refractivity contribution in [2.45, 2.75) is 83.0 Å². The number of carbonyl (C=O) groups excluding carboxylic acids is 4. The maximum absolute atomic E-state index is 13.7. The lowest BCUT2D eigenvalue weighted by atomic mass is 9.98. The van der Waals surface area contributed by atoms with Crippen molar-refractivity contribution in [1.82, 2.24) is 20.9 Å². The van der Waals surface area contributed by atoms with Gasteiger partial charge in [-0.3, -0.25) is 24.2 Å². The number of nitrogens with two attached hydrogens (primary N) is 3. The van der Waals surface area contributed by atoms with Crippen molar-refractivity contribution >= 4 is 29.6 Å². The quantitative estimate of drug-likeness (QED) is 0.0779. The van der Waals surface area contributed by atoms with E-state index in [2.05, 4.69) is 20.9 Å². The number of rotatable bonds is 18. The molecule has 13 heteroatoms. The molecule has 2 aromatic rings. The van der Waals surface area contributed by atoms with Crippen LogP contribution in [0.3, 0.4) is 0 Å². The summed E-state index contributed by atoms with van der Waals surface area (Å²) in [6.07, 6.45) is 3.36. The summed E-state index contributed by atoms with van der Waals surface area (Å²) in [5.41, 5.74) is 17.9. The number of carbonyl (C=O) groups is 4. The summed E-state index contributed by atoms with van der Waals surface area (Å²) in [6, 6.07) is 13.8. The second kappa shape index (κ2) is 19.2. The Morgan fingerprint density at radius 1 is 0.979 bits per heavy atom. The molecule has 0 radical (unpaired) electrons. The van der Waals surface area contributed by atoms with Gasteiger partial charge in [0.15, 0.2) is 5.96 Å². The summed E-state index contributed by atoms with van der Waals surface area (Å²) in [7, 11) is 1.55. The Bertz CT molecular complexity index is 1360. The van der Waals surface area contributed by atoms with Gasteiger partial charge in [-0.25, -0.2) is 0 Å². The van der Waals surface area contributed by atoms with Gasteiger partial charge in [0, 0.05) is 38.0 Å². The molecule has 1 aliphatic rings. The lowest BCUT2D eigenvalue weighted by molar-refractivity contribution is -0.138. The molecule has 3 rings (SSSR count). The summed E-state index contributed by atoms with van der Waals surface area (Å²) in [5.74, 6) is -1.05. The van der Waals surface area contributed by atoms with Crippen LogP contribution >= 0.6 is 0 Å². The van der Waals surface area contributed by atoms with E-state index in [9.17, 15) is 19.2 Å². The first-order valence-corrected chi connectivity index (χ1v) is 16.7. The number of nitrogens with zero attached hydrogens (tertiary/aromatic N) is 2. The molecule has 48 heavy (non-hydrogen) atoms. The molecular formula is C35H52N8O5. The van der Waals surface area contributed by atoms with E-state index in [0.29, 0.717) is 24.2 Å². The Balaban J connectivity index is 1.70. The van der Waals surface area contributed by atoms with Gasteiger partial charge in [-0.15, -0.1) is 0 Å². The average molecular weight is 665 g/mol. The molecule has 3 atom stereocenters. The third kappa shape index (κ3) is 12.9. The Hall–Kier alpha value is -4.65. The van der Waals surface area contributed by atoms with Gasteiger partial charge in [0.2, 0.25) is 17.7 Å². The lowest BCUT2D eigenvalue weighted by Gasteiger charge is -2.29. The van der Waals surface area contributed by atoms with E-state index >= 15 is 0 Å². The van der Waals surface area contributed by atoms with Gasteiger partial charge in [0.05, 0.1) is 0 Å². The van der Waals surface area contributed by atoms with Crippen LogP contribution in [-0.4, -0.2) is 85.4 Å². The molecule has 0 aromatic heterocycles. The van der Waals surface area contributed by atoms with Crippen LogP contribution < -0.4 is 37.9 Å². The van der Waals surface area contributed by atoms with Crippen LogP contribution in [0.5, 0.6) is 5.75 Å². The predicted molar refractivity (Wildman–Crippen MR) is 186 cm³/mol. The van der Waals surface area contributed by atoms with E-state index in [4.69, 9.17) is 21.9 Å². The lowest BCUT2D eigenvalue weighted by Crippen LogP contribution is -2.52. The molecule has 0 bridgehead atoms. The predicted octanol–water partition coefficient (Wildman–Crippen LogP) is 1.45. The number of nitrogens with one attached hydrogen (secondary N) is 3. The van der Waals surface area contributed by atoms with Gasteiger partial charge >= 0.3 is 0 Å². The summed E-state index contributed by atoms with van der Waals surface area (Å²) in [6.45, 7) is 6.06. The highest BCUT2D eigenvalue weighted by Crippen LogP contribution is 2.18. The molecule has 1 fully saturated rings. The van der Waals surface area contributed by atoms with E-state index in [-0.39, 0.29) is 49.7 Å². The van der Waals surface area contributed by atoms with Gasteiger partial charge in [0.25, 0.3) is 5.91 Å². The summed E-state index contributed by atoms with van der Waals surface area (Å²) in [4.78, 5) is 58.2. The standard InChI is InChI=1S/C35H52N8O5/c1-23(2)20-26(22-31(44)43(3)30(32(36)45)21-24-8-5-4-6-9-24)41-34(47)29(10-7-17-40-35(37)38)42-33(46)25-11-13-27(14-12-25)48-28-15-18-39-19-16-28/h4-6,8-9,11-14,23,26,28-30,39H,7,10,15-22H2,1-3H3,(H2,36,45)(H,41,47)(H,42,46)(H4,37,38,40)/t26?,29-,30-/m0/s1. The summed E-state index contributed by atoms with van der Waals surface area (Å²) >= 11 is 0. The monoisotopic (exact) mass is 664 g/mol. The zero-order chi connectivity index (χ0) is 35.1. The number of ether oxygens (including phenoxy) is 1. The topological polar surface area (TPSA) is 207 Å². The van der Waals surface area contributed by atoms with Crippen molar-refractivity contribution in [3.8, 4) is 5.75 Å². The van der Waals surface area contributed by atoms with Gasteiger partial charge in [-0.1, -0.05) is 44.2 Å². The SMILES string of the molecule is CC(C)CC(CC(=O)N(C)[C@@H](Cc1ccccc1)C(N)=O)NC(=O)[C@H](CCCN=C(N)N)NC(=O)c1ccc(OC2CCNCC2)cc1. The average Bonchev–Trinajstić information content (AvgIpc) is 3.05. The third-order valence-electron chi connectivity index (χ3n) is 8.26. The summed E-state index contributed by atoms with van der Waals surface area (Å²) < 4.78 is 6.05. The largest absolute Gasteiger partial charge is 0.490 e. The van der Waals surface area contributed by atoms with Gasteiger partial charge < -0.3 is 42.8 Å². The molecule has 13 nitrogen and oxygen atoms in total. The van der Waals surface area contributed by atoms with Gasteiger partial charge in [-0.2, -0.15) is 0 Å². The zero-order valence-corrected chi connectivity index (χ0v) is 28.3. The minimum atomic E-state index is -0.920. The number of likely N-dealkylation sites (N-methyl/N-ethyl adjacent to an activating group) is 1. The van der Waals surface area contributed by atoms with Crippen molar-refractivity contribution in [1.29, 1.82) is 0 Å². The number of amides is 4. The maximum atomic E-state index is 13.7. The van der Waals surface area contributed by atoms with Crippen LogP contribution in [0.4, 0.5) is 0 Å². The highest BCUT2D eigenvalue weighted by molar-refractivity contribution is 5.97. The van der Waals surface area contributed by atoms with Crippen molar-refractivity contribution in [3.05, 3.63) is 65.7 Å². The van der Waals surface area contributed by atoms with Crippen LogP contribution in [0.25, 0.3) is 0 Å². The van der Waals surface area contributed by atoms with Crippen LogP contribution in [-0.2, 0) is 20.8 Å². The van der Waals surface area contributed by atoms with E-state index in [0.717, 1.165) is 31.5 Å². The Kier molecular flexibility index (Phi) is 15.2. The van der Waals surface area contributed by atoms with Crippen molar-refractivity contribution in [3.63, 3.8) is 0 Å². The highest BCUT2D eigenvalue weighted by atomic mass is 16.5. The third-order valence-corrected chi connectivity index (χ3v) is 8.26. The number of hydrogen-bond acceptors (Lipinski definition) is 7. The number of primary amides is 1. The van der Waals surface area contributed by atoms with E-state index < -0.39 is 35.8 Å². The second-order valence-corrected chi connectivity index (χ2v) is 12.7. The van der Waals surface area contributed by atoms with Gasteiger partial charge in [-0.05, 0) is 80.9 Å². The number of aliphatic imine (C=N–C) groups is 1. The molecule has 9 N–H and O–H groups in total. The minimum absolute atomic E-state index is 0.0494.